The lowest BCUT2D eigenvalue weighted by molar-refractivity contribution is -0.0893. The Bertz CT molecular complexity index is 1320. The van der Waals surface area contributed by atoms with Crippen LogP contribution >= 0.6 is 0 Å². The van der Waals surface area contributed by atoms with Gasteiger partial charge < -0.3 is 14.7 Å². The van der Waals surface area contributed by atoms with Gasteiger partial charge in [-0.15, -0.1) is 0 Å². The molecule has 6 rings (SSSR count). The summed E-state index contributed by atoms with van der Waals surface area (Å²) in [6.45, 7) is 0.246. The van der Waals surface area contributed by atoms with E-state index in [1.54, 1.807) is 4.90 Å². The van der Waals surface area contributed by atoms with E-state index in [1.165, 1.54) is 29.3 Å². The van der Waals surface area contributed by atoms with E-state index >= 15 is 0 Å². The predicted octanol–water partition coefficient (Wildman–Crippen LogP) is 5.85. The number of fused-ring (bicyclic) bond motifs is 5. The van der Waals surface area contributed by atoms with Crippen LogP contribution in [0.5, 0.6) is 0 Å². The number of nitriles is 1. The first kappa shape index (κ1) is 22.8. The van der Waals surface area contributed by atoms with Gasteiger partial charge in [-0.05, 0) is 59.7 Å². The number of rotatable bonds is 3. The molecule has 36 heavy (non-hydrogen) atoms. The number of benzene rings is 3. The molecule has 2 fully saturated rings. The van der Waals surface area contributed by atoms with E-state index in [4.69, 9.17) is 4.74 Å². The summed E-state index contributed by atoms with van der Waals surface area (Å²) < 4.78 is 20.0. The zero-order valence-electron chi connectivity index (χ0n) is 19.9. The highest BCUT2D eigenvalue weighted by Crippen LogP contribution is 2.47. The van der Waals surface area contributed by atoms with Crippen LogP contribution in [0, 0.1) is 17.1 Å². The zero-order valence-corrected chi connectivity index (χ0v) is 19.9. The van der Waals surface area contributed by atoms with Crippen molar-refractivity contribution in [1.29, 1.82) is 5.26 Å². The molecule has 1 N–H and O–H groups in total. The summed E-state index contributed by atoms with van der Waals surface area (Å²) in [5, 5.41) is 21.2. The molecule has 0 saturated carbocycles. The Labute approximate surface area is 209 Å². The van der Waals surface area contributed by atoms with Gasteiger partial charge in [0.25, 0.3) is 0 Å². The van der Waals surface area contributed by atoms with Crippen molar-refractivity contribution in [3.63, 3.8) is 0 Å². The molecule has 2 heterocycles. The summed E-state index contributed by atoms with van der Waals surface area (Å²) in [7, 11) is 0. The van der Waals surface area contributed by atoms with Gasteiger partial charge in [0.1, 0.15) is 12.4 Å². The largest absolute Gasteiger partial charge is 0.448 e. The number of carbonyl (C=O) groups is 1. The Morgan fingerprint density at radius 1 is 1.03 bits per heavy atom. The third kappa shape index (κ3) is 3.66. The highest BCUT2D eigenvalue weighted by atomic mass is 19.1. The smallest absolute Gasteiger partial charge is 0.410 e. The molecule has 0 aromatic heterocycles. The fourth-order valence-corrected chi connectivity index (χ4v) is 6.61. The van der Waals surface area contributed by atoms with Crippen LogP contribution in [-0.2, 0) is 10.3 Å². The number of hydrogen-bond donors (Lipinski definition) is 1. The van der Waals surface area contributed by atoms with E-state index in [0.717, 1.165) is 30.4 Å². The Balaban J connectivity index is 1.22. The fraction of sp³-hybridized carbons (Fsp3) is 0.333. The predicted molar refractivity (Wildman–Crippen MR) is 133 cm³/mol. The molecule has 2 bridgehead atoms. The summed E-state index contributed by atoms with van der Waals surface area (Å²) in [5.41, 5.74) is 3.91. The number of piperidine rings is 2. The summed E-state index contributed by atoms with van der Waals surface area (Å²) in [4.78, 5) is 15.2. The molecule has 3 aromatic rings. The second-order valence-corrected chi connectivity index (χ2v) is 10.2. The van der Waals surface area contributed by atoms with Gasteiger partial charge in [-0.2, -0.15) is 5.26 Å². The summed E-state index contributed by atoms with van der Waals surface area (Å²) in [6, 6.07) is 22.0. The molecule has 5 nitrogen and oxygen atoms in total. The maximum atomic E-state index is 14.1. The molecule has 2 aliphatic heterocycles. The van der Waals surface area contributed by atoms with Gasteiger partial charge in [-0.1, -0.05) is 48.5 Å². The Kier molecular flexibility index (Phi) is 5.54. The van der Waals surface area contributed by atoms with E-state index in [1.807, 2.05) is 24.3 Å². The van der Waals surface area contributed by atoms with Crippen LogP contribution in [0.15, 0.2) is 66.7 Å². The average Bonchev–Trinajstić information content (AvgIpc) is 3.20. The number of amides is 1. The van der Waals surface area contributed by atoms with Crippen molar-refractivity contribution in [2.45, 2.75) is 55.7 Å². The van der Waals surface area contributed by atoms with Crippen LogP contribution in [-0.4, -0.2) is 34.8 Å². The minimum Gasteiger partial charge on any atom is -0.448 e. The Morgan fingerprint density at radius 3 is 2.25 bits per heavy atom. The first-order valence-electron chi connectivity index (χ1n) is 12.5. The monoisotopic (exact) mass is 482 g/mol. The lowest BCUT2D eigenvalue weighted by Gasteiger charge is -2.51. The quantitative estimate of drug-likeness (QED) is 0.508. The van der Waals surface area contributed by atoms with Crippen LogP contribution < -0.4 is 0 Å². The van der Waals surface area contributed by atoms with Crippen LogP contribution in [0.1, 0.15) is 60.3 Å². The van der Waals surface area contributed by atoms with Crippen LogP contribution in [0.3, 0.4) is 0 Å². The van der Waals surface area contributed by atoms with E-state index in [0.29, 0.717) is 5.56 Å². The van der Waals surface area contributed by atoms with E-state index in [2.05, 4.69) is 30.3 Å². The summed E-state index contributed by atoms with van der Waals surface area (Å²) in [5.74, 6) is -0.505. The minimum absolute atomic E-state index is 0.0200. The third-order valence-electron chi connectivity index (χ3n) is 8.16. The number of ether oxygens (including phenoxy) is 1. The molecule has 0 spiro atoms. The molecule has 182 valence electrons. The van der Waals surface area contributed by atoms with Crippen molar-refractivity contribution in [2.24, 2.45) is 0 Å². The molecule has 2 saturated heterocycles. The lowest BCUT2D eigenvalue weighted by atomic mass is 9.71. The number of halogens is 1. The van der Waals surface area contributed by atoms with Crippen LogP contribution in [0.4, 0.5) is 9.18 Å². The average molecular weight is 483 g/mol. The Morgan fingerprint density at radius 2 is 1.64 bits per heavy atom. The fourth-order valence-electron chi connectivity index (χ4n) is 6.61. The zero-order chi connectivity index (χ0) is 24.9. The number of carbonyl (C=O) groups excluding carboxylic acids is 1. The number of aliphatic hydroxyl groups is 1. The van der Waals surface area contributed by atoms with Gasteiger partial charge in [-0.25, -0.2) is 9.18 Å². The van der Waals surface area contributed by atoms with Crippen LogP contribution in [0.25, 0.3) is 11.1 Å². The van der Waals surface area contributed by atoms with Gasteiger partial charge in [0.15, 0.2) is 0 Å². The normalized spacial score (nSPS) is 24.5. The van der Waals surface area contributed by atoms with Crippen molar-refractivity contribution < 1.29 is 19.0 Å². The maximum absolute atomic E-state index is 14.1. The molecule has 2 atom stereocenters. The molecule has 3 aliphatic rings. The molecule has 2 unspecified atom stereocenters. The molecule has 1 amide bonds. The minimum atomic E-state index is -1.36. The SMILES string of the molecule is N#Cc1ccc(F)cc1C1(O)CC2CCCC(C1)N2C(=O)OCC1c2ccccc2-c2ccccc21. The van der Waals surface area contributed by atoms with Crippen molar-refractivity contribution in [3.05, 3.63) is 94.8 Å². The highest BCUT2D eigenvalue weighted by molar-refractivity contribution is 5.79. The van der Waals surface area contributed by atoms with Gasteiger partial charge >= 0.3 is 6.09 Å². The summed E-state index contributed by atoms with van der Waals surface area (Å²) in [6.07, 6.45) is 2.57. The van der Waals surface area contributed by atoms with Crippen molar-refractivity contribution in [3.8, 4) is 17.2 Å². The van der Waals surface area contributed by atoms with E-state index in [9.17, 15) is 19.6 Å². The molecule has 6 heteroatoms. The molecule has 1 aliphatic carbocycles. The van der Waals surface area contributed by atoms with Gasteiger partial charge in [0.2, 0.25) is 0 Å². The van der Waals surface area contributed by atoms with Gasteiger partial charge in [0.05, 0.1) is 17.2 Å². The Hall–Kier alpha value is -3.69. The lowest BCUT2D eigenvalue weighted by Crippen LogP contribution is -2.59. The van der Waals surface area contributed by atoms with Gasteiger partial charge in [0, 0.05) is 36.4 Å². The second-order valence-electron chi connectivity index (χ2n) is 10.2. The molecular weight excluding hydrogens is 455 g/mol. The van der Waals surface area contributed by atoms with Gasteiger partial charge in [-0.3, -0.25) is 0 Å². The van der Waals surface area contributed by atoms with E-state index < -0.39 is 11.4 Å². The molecule has 3 aromatic carbocycles. The highest BCUT2D eigenvalue weighted by Gasteiger charge is 2.49. The topological polar surface area (TPSA) is 73.6 Å². The molecular formula is C30H27FN2O3. The first-order valence-corrected chi connectivity index (χ1v) is 12.5. The number of nitrogens with zero attached hydrogens (tertiary/aromatic N) is 2. The third-order valence-corrected chi connectivity index (χ3v) is 8.16. The van der Waals surface area contributed by atoms with Crippen LogP contribution in [0.2, 0.25) is 0 Å². The van der Waals surface area contributed by atoms with Crippen molar-refractivity contribution in [1.82, 2.24) is 4.90 Å². The van der Waals surface area contributed by atoms with E-state index in [-0.39, 0.29) is 49.1 Å². The summed E-state index contributed by atoms with van der Waals surface area (Å²) >= 11 is 0. The van der Waals surface area contributed by atoms with Crippen molar-refractivity contribution >= 4 is 6.09 Å². The first-order chi connectivity index (χ1) is 17.5. The second kappa shape index (κ2) is 8.76. The maximum Gasteiger partial charge on any atom is 0.410 e. The number of hydrogen-bond acceptors (Lipinski definition) is 4. The van der Waals surface area contributed by atoms with Crippen molar-refractivity contribution in [2.75, 3.05) is 6.61 Å². The standard InChI is InChI=1S/C30H27FN2O3/c31-20-13-12-19(17-32)28(14-20)30(35)15-21-6-5-7-22(16-30)33(21)29(34)36-18-27-25-10-3-1-8-23(25)24-9-2-4-11-26(24)27/h1-4,8-14,21-22,27,35H,5-7,15-16,18H2. The molecule has 0 radical (unpaired) electrons.